The summed E-state index contributed by atoms with van der Waals surface area (Å²) in [5.74, 6) is 0.654. The maximum Gasteiger partial charge on any atom is 0.191 e. The van der Waals surface area contributed by atoms with Gasteiger partial charge in [-0.25, -0.2) is 4.39 Å². The molecular weight excluding hydrogens is 496 g/mol. The number of hydrogen-bond donors (Lipinski definition) is 2. The molecule has 0 aliphatic carbocycles. The highest BCUT2D eigenvalue weighted by atomic mass is 127. The second kappa shape index (κ2) is 13.4. The number of likely N-dealkylation sites (N-methyl/N-ethyl adjacent to an activating group) is 1. The van der Waals surface area contributed by atoms with E-state index < -0.39 is 0 Å². The number of nitrogens with zero attached hydrogens (tertiary/aromatic N) is 3. The summed E-state index contributed by atoms with van der Waals surface area (Å²) in [6.45, 7) is 12.2. The SMILES string of the molecule is CCNC(=NCC(c1ccc(F)cc1)N1CCOCC1)NCC1CCCN1CC.I. The summed E-state index contributed by atoms with van der Waals surface area (Å²) < 4.78 is 18.9. The van der Waals surface area contributed by atoms with E-state index in [4.69, 9.17) is 9.73 Å². The lowest BCUT2D eigenvalue weighted by atomic mass is 10.0. The fourth-order valence-corrected chi connectivity index (χ4v) is 4.28. The van der Waals surface area contributed by atoms with Gasteiger partial charge in [0.15, 0.2) is 5.96 Å². The quantitative estimate of drug-likeness (QED) is 0.306. The Labute approximate surface area is 197 Å². The Morgan fingerprint density at radius 2 is 1.90 bits per heavy atom. The van der Waals surface area contributed by atoms with Crippen molar-refractivity contribution in [3.05, 3.63) is 35.6 Å². The van der Waals surface area contributed by atoms with Gasteiger partial charge in [-0.1, -0.05) is 19.1 Å². The minimum atomic E-state index is -0.204. The van der Waals surface area contributed by atoms with Crippen LogP contribution in [0.1, 0.15) is 38.3 Å². The minimum Gasteiger partial charge on any atom is -0.379 e. The van der Waals surface area contributed by atoms with Crippen LogP contribution in [0.25, 0.3) is 0 Å². The van der Waals surface area contributed by atoms with Crippen LogP contribution in [-0.2, 0) is 4.74 Å². The summed E-state index contributed by atoms with van der Waals surface area (Å²) in [7, 11) is 0. The molecule has 1 aromatic carbocycles. The van der Waals surface area contributed by atoms with E-state index in [2.05, 4.69) is 34.3 Å². The average Bonchev–Trinajstić information content (AvgIpc) is 3.21. The molecule has 0 aromatic heterocycles. The van der Waals surface area contributed by atoms with Crippen LogP contribution in [0, 0.1) is 5.82 Å². The van der Waals surface area contributed by atoms with Crippen LogP contribution in [0.3, 0.4) is 0 Å². The number of ether oxygens (including phenoxy) is 1. The van der Waals surface area contributed by atoms with E-state index in [1.807, 2.05) is 12.1 Å². The molecule has 2 fully saturated rings. The zero-order valence-electron chi connectivity index (χ0n) is 18.3. The van der Waals surface area contributed by atoms with E-state index >= 15 is 0 Å². The summed E-state index contributed by atoms with van der Waals surface area (Å²) in [6, 6.07) is 7.53. The third kappa shape index (κ3) is 7.32. The van der Waals surface area contributed by atoms with Crippen LogP contribution in [0.4, 0.5) is 4.39 Å². The second-order valence-electron chi connectivity index (χ2n) is 7.74. The fourth-order valence-electron chi connectivity index (χ4n) is 4.28. The van der Waals surface area contributed by atoms with E-state index in [-0.39, 0.29) is 35.8 Å². The zero-order chi connectivity index (χ0) is 20.5. The van der Waals surface area contributed by atoms with Crippen LogP contribution in [0.5, 0.6) is 0 Å². The summed E-state index contributed by atoms with van der Waals surface area (Å²) in [4.78, 5) is 9.82. The number of guanidine groups is 1. The Hall–Kier alpha value is -0.970. The molecule has 2 aliphatic rings. The summed E-state index contributed by atoms with van der Waals surface area (Å²) in [5.41, 5.74) is 1.10. The van der Waals surface area contributed by atoms with Gasteiger partial charge in [0.05, 0.1) is 25.8 Å². The van der Waals surface area contributed by atoms with Crippen molar-refractivity contribution in [3.63, 3.8) is 0 Å². The molecule has 6 nitrogen and oxygen atoms in total. The fraction of sp³-hybridized carbons (Fsp3) is 0.682. The minimum absolute atomic E-state index is 0. The third-order valence-corrected chi connectivity index (χ3v) is 5.92. The molecule has 0 amide bonds. The van der Waals surface area contributed by atoms with Crippen LogP contribution in [-0.4, -0.2) is 80.8 Å². The molecule has 2 atom stereocenters. The molecule has 0 spiro atoms. The van der Waals surface area contributed by atoms with Crippen molar-refractivity contribution in [2.75, 3.05) is 59.0 Å². The number of halogens is 2. The number of nitrogens with one attached hydrogen (secondary N) is 2. The predicted molar refractivity (Wildman–Crippen MR) is 131 cm³/mol. The topological polar surface area (TPSA) is 52.1 Å². The van der Waals surface area contributed by atoms with Crippen molar-refractivity contribution in [2.45, 2.75) is 38.8 Å². The van der Waals surface area contributed by atoms with E-state index in [0.717, 1.165) is 57.5 Å². The Kier molecular flexibility index (Phi) is 11.3. The molecule has 8 heteroatoms. The van der Waals surface area contributed by atoms with Gasteiger partial charge in [-0.05, 0) is 50.6 Å². The largest absolute Gasteiger partial charge is 0.379 e. The lowest BCUT2D eigenvalue weighted by molar-refractivity contribution is 0.0179. The summed E-state index contributed by atoms with van der Waals surface area (Å²) >= 11 is 0. The van der Waals surface area contributed by atoms with Crippen LogP contribution in [0.2, 0.25) is 0 Å². The van der Waals surface area contributed by atoms with Gasteiger partial charge in [0.2, 0.25) is 0 Å². The molecule has 2 aliphatic heterocycles. The number of rotatable bonds is 8. The van der Waals surface area contributed by atoms with Crippen molar-refractivity contribution in [2.24, 2.45) is 4.99 Å². The van der Waals surface area contributed by atoms with Crippen LogP contribution in [0.15, 0.2) is 29.3 Å². The Morgan fingerprint density at radius 1 is 1.17 bits per heavy atom. The van der Waals surface area contributed by atoms with Crippen molar-refractivity contribution >= 4 is 29.9 Å². The monoisotopic (exact) mass is 533 g/mol. The molecular formula is C22H37FIN5O. The number of hydrogen-bond acceptors (Lipinski definition) is 4. The Balaban J connectivity index is 0.00000320. The zero-order valence-corrected chi connectivity index (χ0v) is 20.6. The van der Waals surface area contributed by atoms with E-state index in [1.165, 1.54) is 31.5 Å². The first-order valence-corrected chi connectivity index (χ1v) is 11.0. The summed E-state index contributed by atoms with van der Waals surface area (Å²) in [6.07, 6.45) is 2.52. The van der Waals surface area contributed by atoms with Gasteiger partial charge in [-0.3, -0.25) is 14.8 Å². The van der Waals surface area contributed by atoms with Crippen molar-refractivity contribution in [1.82, 2.24) is 20.4 Å². The highest BCUT2D eigenvalue weighted by Gasteiger charge is 2.24. The van der Waals surface area contributed by atoms with Crippen molar-refractivity contribution < 1.29 is 9.13 Å². The van der Waals surface area contributed by atoms with Gasteiger partial charge in [0.1, 0.15) is 5.82 Å². The maximum atomic E-state index is 13.4. The molecule has 30 heavy (non-hydrogen) atoms. The van der Waals surface area contributed by atoms with Gasteiger partial charge in [0.25, 0.3) is 0 Å². The molecule has 0 bridgehead atoms. The van der Waals surface area contributed by atoms with Gasteiger partial charge in [-0.2, -0.15) is 0 Å². The van der Waals surface area contributed by atoms with Crippen LogP contribution >= 0.6 is 24.0 Å². The predicted octanol–water partition coefficient (Wildman–Crippen LogP) is 2.86. The van der Waals surface area contributed by atoms with Gasteiger partial charge < -0.3 is 15.4 Å². The highest BCUT2D eigenvalue weighted by molar-refractivity contribution is 14.0. The lowest BCUT2D eigenvalue weighted by Gasteiger charge is -2.34. The summed E-state index contributed by atoms with van der Waals surface area (Å²) in [5, 5.41) is 6.92. The Bertz CT molecular complexity index is 639. The van der Waals surface area contributed by atoms with Crippen molar-refractivity contribution in [3.8, 4) is 0 Å². The molecule has 2 unspecified atom stereocenters. The third-order valence-electron chi connectivity index (χ3n) is 5.92. The van der Waals surface area contributed by atoms with E-state index in [1.54, 1.807) is 0 Å². The Morgan fingerprint density at radius 3 is 2.57 bits per heavy atom. The van der Waals surface area contributed by atoms with Crippen LogP contribution < -0.4 is 10.6 Å². The number of likely N-dealkylation sites (tertiary alicyclic amines) is 1. The first kappa shape index (κ1) is 25.3. The lowest BCUT2D eigenvalue weighted by Crippen LogP contribution is -2.45. The van der Waals surface area contributed by atoms with Gasteiger partial charge >= 0.3 is 0 Å². The molecule has 2 saturated heterocycles. The molecule has 3 rings (SSSR count). The highest BCUT2D eigenvalue weighted by Crippen LogP contribution is 2.23. The first-order chi connectivity index (χ1) is 14.2. The first-order valence-electron chi connectivity index (χ1n) is 11.0. The second-order valence-corrected chi connectivity index (χ2v) is 7.74. The van der Waals surface area contributed by atoms with E-state index in [9.17, 15) is 4.39 Å². The number of aliphatic imine (C=N–C) groups is 1. The molecule has 2 heterocycles. The molecule has 1 aromatic rings. The molecule has 2 N–H and O–H groups in total. The molecule has 0 saturated carbocycles. The standard InChI is InChI=1S/C22H36FN5O.HI/c1-3-24-22(25-16-20-6-5-11-27(20)4-2)26-17-21(28-12-14-29-15-13-28)18-7-9-19(23)10-8-18;/h7-10,20-21H,3-6,11-17H2,1-2H3,(H2,24,25,26);1H. The normalized spacial score (nSPS) is 21.8. The average molecular weight is 533 g/mol. The smallest absolute Gasteiger partial charge is 0.191 e. The molecule has 0 radical (unpaired) electrons. The van der Waals surface area contributed by atoms with Crippen molar-refractivity contribution in [1.29, 1.82) is 0 Å². The molecule has 170 valence electrons. The number of morpholine rings is 1. The van der Waals surface area contributed by atoms with E-state index in [0.29, 0.717) is 12.6 Å². The maximum absolute atomic E-state index is 13.4. The van der Waals surface area contributed by atoms with Gasteiger partial charge in [0, 0.05) is 32.2 Å². The van der Waals surface area contributed by atoms with Gasteiger partial charge in [-0.15, -0.1) is 24.0 Å². The number of benzene rings is 1.